The molecule has 0 radical (unpaired) electrons. The lowest BCUT2D eigenvalue weighted by Crippen LogP contribution is -2.32. The Morgan fingerprint density at radius 1 is 1.53 bits per heavy atom. The fraction of sp³-hybridized carbons (Fsp3) is 0.462. The fourth-order valence-corrected chi connectivity index (χ4v) is 2.15. The maximum atomic E-state index is 12.2. The van der Waals surface area contributed by atoms with Gasteiger partial charge in [0.15, 0.2) is 0 Å². The number of aryl methyl sites for hydroxylation is 1. The molecule has 92 valence electrons. The monoisotopic (exact) mass is 234 g/mol. The highest BCUT2D eigenvalue weighted by molar-refractivity contribution is 5.96. The lowest BCUT2D eigenvalue weighted by molar-refractivity contribution is 0.0790. The third kappa shape index (κ3) is 2.42. The number of amides is 1. The van der Waals surface area contributed by atoms with E-state index in [4.69, 9.17) is 10.5 Å². The summed E-state index contributed by atoms with van der Waals surface area (Å²) in [5.41, 5.74) is 7.49. The molecule has 2 N–H and O–H groups in total. The Morgan fingerprint density at radius 2 is 2.29 bits per heavy atom. The molecule has 0 bridgehead atoms. The third-order valence-corrected chi connectivity index (χ3v) is 3.18. The number of nitrogens with two attached hydrogens (primary N) is 1. The number of rotatable bonds is 2. The van der Waals surface area contributed by atoms with Crippen LogP contribution in [0.4, 0.5) is 0 Å². The van der Waals surface area contributed by atoms with Crippen molar-refractivity contribution in [3.63, 3.8) is 0 Å². The highest BCUT2D eigenvalue weighted by Gasteiger charge is 2.25. The molecule has 1 unspecified atom stereocenters. The van der Waals surface area contributed by atoms with Gasteiger partial charge < -0.3 is 15.4 Å². The summed E-state index contributed by atoms with van der Waals surface area (Å²) in [6.45, 7) is 3.33. The van der Waals surface area contributed by atoms with Crippen LogP contribution in [0.3, 0.4) is 0 Å². The second-order valence-electron chi connectivity index (χ2n) is 4.48. The average Bonchev–Trinajstić information content (AvgIpc) is 2.75. The van der Waals surface area contributed by atoms with Crippen LogP contribution in [0.5, 0.6) is 5.75 Å². The van der Waals surface area contributed by atoms with Crippen molar-refractivity contribution in [1.82, 2.24) is 4.90 Å². The molecule has 1 aromatic rings. The Bertz CT molecular complexity index is 431. The molecule has 1 amide bonds. The Kier molecular flexibility index (Phi) is 3.33. The third-order valence-electron chi connectivity index (χ3n) is 3.18. The number of hydrogen-bond acceptors (Lipinski definition) is 3. The minimum Gasteiger partial charge on any atom is -0.497 e. The van der Waals surface area contributed by atoms with Crippen molar-refractivity contribution in [2.24, 2.45) is 5.73 Å². The van der Waals surface area contributed by atoms with Crippen LogP contribution in [0.25, 0.3) is 0 Å². The maximum Gasteiger partial charge on any atom is 0.254 e. The minimum atomic E-state index is 0.0677. The summed E-state index contributed by atoms with van der Waals surface area (Å²) in [6, 6.07) is 5.64. The predicted molar refractivity (Wildman–Crippen MR) is 66.2 cm³/mol. The predicted octanol–water partition coefficient (Wildman–Crippen LogP) is 1.18. The molecular formula is C13H18N2O2. The molecule has 1 saturated heterocycles. The zero-order chi connectivity index (χ0) is 12.4. The van der Waals surface area contributed by atoms with Crippen molar-refractivity contribution in [2.45, 2.75) is 19.4 Å². The smallest absolute Gasteiger partial charge is 0.254 e. The van der Waals surface area contributed by atoms with Crippen molar-refractivity contribution >= 4 is 5.91 Å². The molecule has 1 aromatic carbocycles. The van der Waals surface area contributed by atoms with Gasteiger partial charge in [-0.25, -0.2) is 0 Å². The molecule has 1 aliphatic rings. The summed E-state index contributed by atoms with van der Waals surface area (Å²) < 4.78 is 5.13. The first kappa shape index (κ1) is 11.9. The van der Waals surface area contributed by atoms with Crippen molar-refractivity contribution in [3.05, 3.63) is 29.3 Å². The van der Waals surface area contributed by atoms with Crippen molar-refractivity contribution in [3.8, 4) is 5.75 Å². The number of methoxy groups -OCH3 is 1. The van der Waals surface area contributed by atoms with Gasteiger partial charge in [0.25, 0.3) is 5.91 Å². The van der Waals surface area contributed by atoms with Gasteiger partial charge in [-0.1, -0.05) is 0 Å². The van der Waals surface area contributed by atoms with E-state index in [0.717, 1.165) is 29.8 Å². The Labute approximate surface area is 101 Å². The van der Waals surface area contributed by atoms with E-state index in [1.54, 1.807) is 7.11 Å². The maximum absolute atomic E-state index is 12.2. The quantitative estimate of drug-likeness (QED) is 0.836. The van der Waals surface area contributed by atoms with Crippen LogP contribution in [0.1, 0.15) is 22.3 Å². The van der Waals surface area contributed by atoms with Crippen molar-refractivity contribution < 1.29 is 9.53 Å². The topological polar surface area (TPSA) is 55.6 Å². The van der Waals surface area contributed by atoms with Gasteiger partial charge in [0.2, 0.25) is 0 Å². The van der Waals surface area contributed by atoms with Crippen LogP contribution in [0, 0.1) is 6.92 Å². The van der Waals surface area contributed by atoms with Crippen LogP contribution in [-0.2, 0) is 0 Å². The van der Waals surface area contributed by atoms with Crippen LogP contribution >= 0.6 is 0 Å². The number of ether oxygens (including phenoxy) is 1. The summed E-state index contributed by atoms with van der Waals surface area (Å²) in [5, 5.41) is 0. The summed E-state index contributed by atoms with van der Waals surface area (Å²) in [5.74, 6) is 0.843. The largest absolute Gasteiger partial charge is 0.497 e. The lowest BCUT2D eigenvalue weighted by Gasteiger charge is -2.17. The van der Waals surface area contributed by atoms with Gasteiger partial charge >= 0.3 is 0 Å². The molecule has 1 heterocycles. The molecule has 17 heavy (non-hydrogen) atoms. The molecule has 0 spiro atoms. The number of likely N-dealkylation sites (tertiary alicyclic amines) is 1. The second kappa shape index (κ2) is 4.75. The molecule has 1 fully saturated rings. The number of nitrogens with zero attached hydrogens (tertiary/aromatic N) is 1. The summed E-state index contributed by atoms with van der Waals surface area (Å²) in [4.78, 5) is 14.1. The van der Waals surface area contributed by atoms with Gasteiger partial charge in [-0.05, 0) is 37.1 Å². The highest BCUT2D eigenvalue weighted by atomic mass is 16.5. The molecule has 2 rings (SSSR count). The molecule has 0 saturated carbocycles. The first-order chi connectivity index (χ1) is 8.11. The van der Waals surface area contributed by atoms with E-state index in [0.29, 0.717) is 6.54 Å². The minimum absolute atomic E-state index is 0.0677. The average molecular weight is 234 g/mol. The van der Waals surface area contributed by atoms with Crippen LogP contribution in [0.2, 0.25) is 0 Å². The van der Waals surface area contributed by atoms with Gasteiger partial charge in [-0.2, -0.15) is 0 Å². The molecule has 4 nitrogen and oxygen atoms in total. The Hall–Kier alpha value is -1.55. The van der Waals surface area contributed by atoms with Crippen LogP contribution in [0.15, 0.2) is 18.2 Å². The van der Waals surface area contributed by atoms with E-state index in [2.05, 4.69) is 0 Å². The number of hydrogen-bond donors (Lipinski definition) is 1. The van der Waals surface area contributed by atoms with E-state index in [1.165, 1.54) is 0 Å². The second-order valence-corrected chi connectivity index (χ2v) is 4.48. The van der Waals surface area contributed by atoms with E-state index in [9.17, 15) is 4.79 Å². The zero-order valence-electron chi connectivity index (χ0n) is 10.3. The van der Waals surface area contributed by atoms with E-state index in [-0.39, 0.29) is 11.9 Å². The molecule has 0 aromatic heterocycles. The molecule has 1 atom stereocenters. The van der Waals surface area contributed by atoms with Gasteiger partial charge in [0.1, 0.15) is 5.75 Å². The standard InChI is InChI=1S/C13H18N2O2/c1-9-7-11(17-2)3-4-12(9)13(16)15-6-5-10(14)8-15/h3-4,7,10H,5-6,8,14H2,1-2H3. The summed E-state index contributed by atoms with van der Waals surface area (Å²) >= 11 is 0. The fourth-order valence-electron chi connectivity index (χ4n) is 2.15. The van der Waals surface area contributed by atoms with E-state index < -0.39 is 0 Å². The summed E-state index contributed by atoms with van der Waals surface area (Å²) in [7, 11) is 1.62. The van der Waals surface area contributed by atoms with Crippen LogP contribution < -0.4 is 10.5 Å². The molecule has 1 aliphatic heterocycles. The first-order valence-electron chi connectivity index (χ1n) is 5.81. The van der Waals surface area contributed by atoms with Gasteiger partial charge in [0, 0.05) is 24.7 Å². The Balaban J connectivity index is 2.19. The van der Waals surface area contributed by atoms with Crippen molar-refractivity contribution in [1.29, 1.82) is 0 Å². The van der Waals surface area contributed by atoms with E-state index in [1.807, 2.05) is 30.0 Å². The molecule has 0 aliphatic carbocycles. The molecular weight excluding hydrogens is 216 g/mol. The molecule has 4 heteroatoms. The first-order valence-corrected chi connectivity index (χ1v) is 5.81. The lowest BCUT2D eigenvalue weighted by atomic mass is 10.1. The SMILES string of the molecule is COc1ccc(C(=O)N2CCC(N)C2)c(C)c1. The number of carbonyl (C=O) groups is 1. The highest BCUT2D eigenvalue weighted by Crippen LogP contribution is 2.20. The number of carbonyl (C=O) groups excluding carboxylic acids is 1. The van der Waals surface area contributed by atoms with Gasteiger partial charge in [0.05, 0.1) is 7.11 Å². The van der Waals surface area contributed by atoms with Gasteiger partial charge in [-0.15, -0.1) is 0 Å². The number of benzene rings is 1. The summed E-state index contributed by atoms with van der Waals surface area (Å²) in [6.07, 6.45) is 0.890. The van der Waals surface area contributed by atoms with Crippen LogP contribution in [-0.4, -0.2) is 37.0 Å². The van der Waals surface area contributed by atoms with Gasteiger partial charge in [-0.3, -0.25) is 4.79 Å². The van der Waals surface area contributed by atoms with E-state index >= 15 is 0 Å². The normalized spacial score (nSPS) is 19.5. The Morgan fingerprint density at radius 3 is 2.82 bits per heavy atom. The zero-order valence-corrected chi connectivity index (χ0v) is 10.3. The van der Waals surface area contributed by atoms with Crippen molar-refractivity contribution in [2.75, 3.05) is 20.2 Å².